The van der Waals surface area contributed by atoms with Crippen molar-refractivity contribution < 1.29 is 8.78 Å². The Balaban J connectivity index is 3.38. The molecule has 0 aromatic carbocycles. The molecule has 3 nitrogen and oxygen atoms in total. The van der Waals surface area contributed by atoms with Gasteiger partial charge in [-0.25, -0.2) is 8.78 Å². The Labute approximate surface area is 86.5 Å². The van der Waals surface area contributed by atoms with Crippen LogP contribution in [0.4, 0.5) is 8.78 Å². The Morgan fingerprint density at radius 2 is 2.23 bits per heavy atom. The molecule has 0 saturated carbocycles. The van der Waals surface area contributed by atoms with Gasteiger partial charge in [-0.05, 0) is 22.6 Å². The zero-order chi connectivity index (χ0) is 10.0. The van der Waals surface area contributed by atoms with Crippen molar-refractivity contribution in [1.82, 2.24) is 4.98 Å². The van der Waals surface area contributed by atoms with E-state index in [0.717, 1.165) is 0 Å². The van der Waals surface area contributed by atoms with Crippen LogP contribution in [0.15, 0.2) is 10.9 Å². The number of aromatic nitrogens is 1. The summed E-state index contributed by atoms with van der Waals surface area (Å²) in [6, 6.07) is 1.24. The lowest BCUT2D eigenvalue weighted by molar-refractivity contribution is 0.144. The molecular weight excluding hydrogens is 293 g/mol. The van der Waals surface area contributed by atoms with E-state index in [1.54, 1.807) is 22.6 Å². The summed E-state index contributed by atoms with van der Waals surface area (Å²) in [5.74, 6) is 0. The number of halogens is 3. The monoisotopic (exact) mass is 300 g/mol. The normalized spacial score (nSPS) is 10.8. The zero-order valence-corrected chi connectivity index (χ0v) is 8.64. The summed E-state index contributed by atoms with van der Waals surface area (Å²) in [6.07, 6.45) is -2.69. The summed E-state index contributed by atoms with van der Waals surface area (Å²) in [4.78, 5) is 13.6. The highest BCUT2D eigenvalue weighted by Crippen LogP contribution is 2.18. The predicted molar refractivity (Wildman–Crippen MR) is 52.6 cm³/mol. The van der Waals surface area contributed by atoms with Crippen LogP contribution in [0.25, 0.3) is 0 Å². The third-order valence-electron chi connectivity index (χ3n) is 1.56. The number of H-pyrrole nitrogens is 1. The van der Waals surface area contributed by atoms with E-state index in [2.05, 4.69) is 4.98 Å². The summed E-state index contributed by atoms with van der Waals surface area (Å²) < 4.78 is 25.1. The summed E-state index contributed by atoms with van der Waals surface area (Å²) in [5, 5.41) is 0. The number of hydrogen-bond donors (Lipinski definition) is 2. The van der Waals surface area contributed by atoms with Gasteiger partial charge < -0.3 is 10.7 Å². The van der Waals surface area contributed by atoms with Gasteiger partial charge in [0.1, 0.15) is 0 Å². The van der Waals surface area contributed by atoms with E-state index in [0.29, 0.717) is 3.70 Å². The highest BCUT2D eigenvalue weighted by Gasteiger charge is 2.15. The van der Waals surface area contributed by atoms with Crippen LogP contribution < -0.4 is 11.2 Å². The second kappa shape index (κ2) is 4.14. The second-order valence-electron chi connectivity index (χ2n) is 2.38. The third kappa shape index (κ3) is 2.25. The maximum Gasteiger partial charge on any atom is 0.278 e. The van der Waals surface area contributed by atoms with Crippen LogP contribution >= 0.6 is 22.6 Å². The van der Waals surface area contributed by atoms with Gasteiger partial charge in [0.05, 0.1) is 9.39 Å². The van der Waals surface area contributed by atoms with Crippen molar-refractivity contribution in [3.8, 4) is 0 Å². The number of nitrogens with two attached hydrogens (primary N) is 1. The fraction of sp³-hybridized carbons (Fsp3) is 0.286. The Morgan fingerprint density at radius 1 is 1.62 bits per heavy atom. The first kappa shape index (κ1) is 10.6. The van der Waals surface area contributed by atoms with Gasteiger partial charge >= 0.3 is 0 Å². The lowest BCUT2D eigenvalue weighted by Gasteiger charge is -2.06. The van der Waals surface area contributed by atoms with Crippen LogP contribution in [-0.2, 0) is 6.54 Å². The number of alkyl halides is 2. The van der Waals surface area contributed by atoms with Gasteiger partial charge in [-0.15, -0.1) is 0 Å². The molecule has 1 aromatic rings. The smallest absolute Gasteiger partial charge is 0.278 e. The Kier molecular flexibility index (Phi) is 3.37. The molecule has 0 unspecified atom stereocenters. The summed E-state index contributed by atoms with van der Waals surface area (Å²) in [7, 11) is 0. The average molecular weight is 300 g/mol. The fourth-order valence-electron chi connectivity index (χ4n) is 0.972. The molecule has 1 rings (SSSR count). The molecule has 0 radical (unpaired) electrons. The molecule has 0 atom stereocenters. The Morgan fingerprint density at radius 3 is 2.69 bits per heavy atom. The van der Waals surface area contributed by atoms with Crippen molar-refractivity contribution >= 4 is 22.6 Å². The number of rotatable bonds is 2. The van der Waals surface area contributed by atoms with Crippen molar-refractivity contribution in [2.45, 2.75) is 13.0 Å². The van der Waals surface area contributed by atoms with Crippen LogP contribution in [0.1, 0.15) is 17.7 Å². The van der Waals surface area contributed by atoms with Crippen molar-refractivity contribution in [2.75, 3.05) is 0 Å². The molecule has 0 aliphatic rings. The number of aromatic amines is 1. The maximum atomic E-state index is 12.3. The van der Waals surface area contributed by atoms with Crippen LogP contribution in [0.5, 0.6) is 0 Å². The number of pyridine rings is 1. The molecule has 1 heterocycles. The fourth-order valence-corrected chi connectivity index (χ4v) is 1.55. The number of hydrogen-bond acceptors (Lipinski definition) is 2. The van der Waals surface area contributed by atoms with Crippen molar-refractivity contribution in [2.24, 2.45) is 5.73 Å². The number of nitrogens with one attached hydrogen (secondary N) is 1. The van der Waals surface area contributed by atoms with E-state index < -0.39 is 11.9 Å². The molecule has 0 saturated heterocycles. The van der Waals surface area contributed by atoms with E-state index >= 15 is 0 Å². The third-order valence-corrected chi connectivity index (χ3v) is 2.14. The summed E-state index contributed by atoms with van der Waals surface area (Å²) in [5.41, 5.74) is 4.32. The van der Waals surface area contributed by atoms with Gasteiger partial charge in [0.15, 0.2) is 5.43 Å². The molecule has 6 heteroatoms. The standard InChI is InChI=1S/C7H7F2IN2O/c8-7(9)6-3(2-11)4(13)1-5(10)12-6/h1,7H,2,11H2,(H,12,13). The van der Waals surface area contributed by atoms with E-state index in [-0.39, 0.29) is 17.8 Å². The first-order valence-electron chi connectivity index (χ1n) is 3.46. The van der Waals surface area contributed by atoms with Crippen LogP contribution in [0, 0.1) is 3.70 Å². The molecule has 0 aliphatic carbocycles. The molecule has 13 heavy (non-hydrogen) atoms. The van der Waals surface area contributed by atoms with Crippen LogP contribution in [-0.4, -0.2) is 4.98 Å². The second-order valence-corrected chi connectivity index (χ2v) is 3.54. The molecule has 0 amide bonds. The molecular formula is C7H7F2IN2O. The Bertz CT molecular complexity index is 364. The van der Waals surface area contributed by atoms with Gasteiger partial charge in [-0.1, -0.05) is 0 Å². The summed E-state index contributed by atoms with van der Waals surface area (Å²) >= 11 is 1.77. The molecule has 3 N–H and O–H groups in total. The van der Waals surface area contributed by atoms with Gasteiger partial charge in [0.2, 0.25) is 0 Å². The van der Waals surface area contributed by atoms with E-state index in [4.69, 9.17) is 5.73 Å². The van der Waals surface area contributed by atoms with E-state index in [1.807, 2.05) is 0 Å². The highest BCUT2D eigenvalue weighted by molar-refractivity contribution is 14.1. The van der Waals surface area contributed by atoms with E-state index in [1.165, 1.54) is 6.07 Å². The molecule has 0 spiro atoms. The van der Waals surface area contributed by atoms with Gasteiger partial charge in [-0.3, -0.25) is 4.79 Å². The van der Waals surface area contributed by atoms with E-state index in [9.17, 15) is 13.6 Å². The summed E-state index contributed by atoms with van der Waals surface area (Å²) in [6.45, 7) is -0.175. The highest BCUT2D eigenvalue weighted by atomic mass is 127. The SMILES string of the molecule is NCc1c(C(F)F)[nH]c(I)cc1=O. The molecule has 0 fully saturated rings. The zero-order valence-electron chi connectivity index (χ0n) is 6.48. The minimum Gasteiger partial charge on any atom is -0.349 e. The van der Waals surface area contributed by atoms with Crippen molar-refractivity contribution in [3.05, 3.63) is 31.2 Å². The van der Waals surface area contributed by atoms with Crippen molar-refractivity contribution in [1.29, 1.82) is 0 Å². The van der Waals surface area contributed by atoms with Gasteiger partial charge in [0, 0.05) is 18.2 Å². The minimum atomic E-state index is -2.69. The van der Waals surface area contributed by atoms with Gasteiger partial charge in [-0.2, -0.15) is 0 Å². The maximum absolute atomic E-state index is 12.3. The topological polar surface area (TPSA) is 58.9 Å². The molecule has 1 aromatic heterocycles. The minimum absolute atomic E-state index is 0.0459. The first-order valence-corrected chi connectivity index (χ1v) is 4.54. The van der Waals surface area contributed by atoms with Crippen molar-refractivity contribution in [3.63, 3.8) is 0 Å². The average Bonchev–Trinajstić information content (AvgIpc) is 2.02. The molecule has 0 bridgehead atoms. The first-order chi connectivity index (χ1) is 6.06. The largest absolute Gasteiger partial charge is 0.349 e. The van der Waals surface area contributed by atoms with Crippen LogP contribution in [0.2, 0.25) is 0 Å². The Hall–Kier alpha value is -0.500. The molecule has 72 valence electrons. The van der Waals surface area contributed by atoms with Crippen LogP contribution in [0.3, 0.4) is 0 Å². The molecule has 0 aliphatic heterocycles. The predicted octanol–water partition coefficient (Wildman–Crippen LogP) is 1.38. The quantitative estimate of drug-likeness (QED) is 0.640. The lowest BCUT2D eigenvalue weighted by atomic mass is 10.2. The lowest BCUT2D eigenvalue weighted by Crippen LogP contribution is -2.18. The van der Waals surface area contributed by atoms with Gasteiger partial charge in [0.25, 0.3) is 6.43 Å².